The third-order valence-electron chi connectivity index (χ3n) is 3.15. The summed E-state index contributed by atoms with van der Waals surface area (Å²) in [6.45, 7) is 1.30. The lowest BCUT2D eigenvalue weighted by Gasteiger charge is -2.35. The van der Waals surface area contributed by atoms with Gasteiger partial charge >= 0.3 is 6.03 Å². The fraction of sp³-hybridized carbons (Fsp3) is 0.778. The van der Waals surface area contributed by atoms with Crippen molar-refractivity contribution in [2.75, 3.05) is 19.8 Å². The Labute approximate surface area is 99.7 Å². The Morgan fingerprint density at radius 2 is 2.25 bits per heavy atom. The molecular formula is C9H16ClN3O3. The Morgan fingerprint density at radius 1 is 1.50 bits per heavy atom. The van der Waals surface area contributed by atoms with Gasteiger partial charge < -0.3 is 15.8 Å². The highest BCUT2D eigenvalue weighted by molar-refractivity contribution is 6.07. The molecule has 0 radical (unpaired) electrons. The van der Waals surface area contributed by atoms with Crippen molar-refractivity contribution in [3.8, 4) is 0 Å². The molecule has 2 atom stereocenters. The predicted molar refractivity (Wildman–Crippen MR) is 59.3 cm³/mol. The van der Waals surface area contributed by atoms with Crippen molar-refractivity contribution in [2.45, 2.75) is 18.4 Å². The van der Waals surface area contributed by atoms with Crippen molar-refractivity contribution in [1.29, 1.82) is 0 Å². The van der Waals surface area contributed by atoms with E-state index in [2.05, 4.69) is 10.6 Å². The van der Waals surface area contributed by atoms with Crippen LogP contribution in [0.1, 0.15) is 12.8 Å². The van der Waals surface area contributed by atoms with Gasteiger partial charge in [-0.05, 0) is 12.8 Å². The second-order valence-electron chi connectivity index (χ2n) is 4.00. The smallest absolute Gasteiger partial charge is 0.322 e. The molecule has 0 spiro atoms. The number of halogens is 1. The first-order valence-electron chi connectivity index (χ1n) is 5.10. The van der Waals surface area contributed by atoms with Crippen LogP contribution in [0.4, 0.5) is 4.79 Å². The summed E-state index contributed by atoms with van der Waals surface area (Å²) in [5, 5.41) is 4.86. The zero-order chi connectivity index (χ0) is 10.9. The third-order valence-corrected chi connectivity index (χ3v) is 3.15. The highest BCUT2D eigenvalue weighted by Gasteiger charge is 2.51. The van der Waals surface area contributed by atoms with E-state index in [9.17, 15) is 9.59 Å². The molecule has 2 fully saturated rings. The number of nitrogens with two attached hydrogens (primary N) is 1. The number of rotatable bonds is 2. The molecule has 3 amide bonds. The SMILES string of the molecule is Cl.NCC1(C2CCCOC2)NC(=O)NC1=O. The normalized spacial score (nSPS) is 33.9. The zero-order valence-corrected chi connectivity index (χ0v) is 9.64. The van der Waals surface area contributed by atoms with Gasteiger partial charge in [-0.25, -0.2) is 4.79 Å². The van der Waals surface area contributed by atoms with Gasteiger partial charge in [-0.15, -0.1) is 12.4 Å². The number of hydrogen-bond donors (Lipinski definition) is 3. The van der Waals surface area contributed by atoms with Crippen molar-refractivity contribution < 1.29 is 14.3 Å². The number of imide groups is 1. The number of amides is 3. The van der Waals surface area contributed by atoms with Gasteiger partial charge in [-0.3, -0.25) is 10.1 Å². The second kappa shape index (κ2) is 4.99. The number of urea groups is 1. The molecule has 2 aliphatic heterocycles. The molecule has 0 bridgehead atoms. The van der Waals surface area contributed by atoms with Crippen LogP contribution in [0.3, 0.4) is 0 Å². The van der Waals surface area contributed by atoms with Gasteiger partial charge in [0.1, 0.15) is 5.54 Å². The molecule has 6 nitrogen and oxygen atoms in total. The van der Waals surface area contributed by atoms with Crippen molar-refractivity contribution in [3.63, 3.8) is 0 Å². The lowest BCUT2D eigenvalue weighted by Crippen LogP contribution is -2.60. The topological polar surface area (TPSA) is 93.4 Å². The first kappa shape index (κ1) is 13.2. The number of hydrogen-bond acceptors (Lipinski definition) is 4. The Hall–Kier alpha value is -0.850. The maximum absolute atomic E-state index is 11.7. The van der Waals surface area contributed by atoms with Crippen molar-refractivity contribution in [2.24, 2.45) is 11.7 Å². The van der Waals surface area contributed by atoms with Crippen LogP contribution in [0.2, 0.25) is 0 Å². The summed E-state index contributed by atoms with van der Waals surface area (Å²) in [6.07, 6.45) is 1.75. The molecular weight excluding hydrogens is 234 g/mol. The summed E-state index contributed by atoms with van der Waals surface area (Å²) < 4.78 is 5.32. The standard InChI is InChI=1S/C9H15N3O3.ClH/c10-5-9(6-2-1-3-15-4-6)7(13)11-8(14)12-9;/h6H,1-5,10H2,(H2,11,12,13,14);1H. The summed E-state index contributed by atoms with van der Waals surface area (Å²) >= 11 is 0. The molecule has 0 aromatic rings. The Bertz CT molecular complexity index is 294. The average Bonchev–Trinajstić information content (AvgIpc) is 2.56. The summed E-state index contributed by atoms with van der Waals surface area (Å²) in [7, 11) is 0. The Kier molecular flexibility index (Phi) is 4.12. The summed E-state index contributed by atoms with van der Waals surface area (Å²) in [5.74, 6) is -0.354. The van der Waals surface area contributed by atoms with Crippen molar-refractivity contribution in [3.05, 3.63) is 0 Å². The van der Waals surface area contributed by atoms with E-state index >= 15 is 0 Å². The van der Waals surface area contributed by atoms with Gasteiger partial charge in [0.05, 0.1) is 6.61 Å². The zero-order valence-electron chi connectivity index (χ0n) is 8.82. The first-order chi connectivity index (χ1) is 7.19. The fourth-order valence-corrected chi connectivity index (χ4v) is 2.23. The summed E-state index contributed by atoms with van der Waals surface area (Å²) in [4.78, 5) is 22.8. The van der Waals surface area contributed by atoms with E-state index in [1.807, 2.05) is 0 Å². The molecule has 0 aromatic carbocycles. The minimum absolute atomic E-state index is 0. The number of nitrogens with one attached hydrogen (secondary N) is 2. The molecule has 92 valence electrons. The lowest BCUT2D eigenvalue weighted by molar-refractivity contribution is -0.127. The van der Waals surface area contributed by atoms with Gasteiger partial charge in [-0.1, -0.05) is 0 Å². The Morgan fingerprint density at radius 3 is 2.69 bits per heavy atom. The number of carbonyl (C=O) groups is 2. The van der Waals surface area contributed by atoms with Crippen LogP contribution < -0.4 is 16.4 Å². The maximum atomic E-state index is 11.7. The van der Waals surface area contributed by atoms with E-state index in [0.717, 1.165) is 12.8 Å². The van der Waals surface area contributed by atoms with Gasteiger partial charge in [0, 0.05) is 19.1 Å². The van der Waals surface area contributed by atoms with E-state index in [4.69, 9.17) is 10.5 Å². The van der Waals surface area contributed by atoms with Crippen LogP contribution in [-0.4, -0.2) is 37.2 Å². The van der Waals surface area contributed by atoms with Gasteiger partial charge in [0.25, 0.3) is 5.91 Å². The number of ether oxygens (including phenoxy) is 1. The fourth-order valence-electron chi connectivity index (χ4n) is 2.23. The molecule has 0 saturated carbocycles. The van der Waals surface area contributed by atoms with Crippen LogP contribution in [0.15, 0.2) is 0 Å². The monoisotopic (exact) mass is 249 g/mol. The summed E-state index contributed by atoms with van der Waals surface area (Å²) in [5.41, 5.74) is 4.66. The van der Waals surface area contributed by atoms with Gasteiger partial charge in [-0.2, -0.15) is 0 Å². The molecule has 2 rings (SSSR count). The number of carbonyl (C=O) groups excluding carboxylic acids is 2. The molecule has 2 unspecified atom stereocenters. The Balaban J connectivity index is 0.00000128. The highest BCUT2D eigenvalue weighted by Crippen LogP contribution is 2.28. The van der Waals surface area contributed by atoms with Crippen molar-refractivity contribution >= 4 is 24.3 Å². The van der Waals surface area contributed by atoms with E-state index in [-0.39, 0.29) is 30.8 Å². The van der Waals surface area contributed by atoms with E-state index in [1.165, 1.54) is 0 Å². The molecule has 4 N–H and O–H groups in total. The van der Waals surface area contributed by atoms with Crippen LogP contribution >= 0.6 is 12.4 Å². The van der Waals surface area contributed by atoms with Crippen LogP contribution in [-0.2, 0) is 9.53 Å². The van der Waals surface area contributed by atoms with Crippen LogP contribution in [0, 0.1) is 5.92 Å². The average molecular weight is 250 g/mol. The first-order valence-corrected chi connectivity index (χ1v) is 5.10. The lowest BCUT2D eigenvalue weighted by atomic mass is 9.80. The molecule has 2 heterocycles. The van der Waals surface area contributed by atoms with Crippen LogP contribution in [0.5, 0.6) is 0 Å². The molecule has 2 aliphatic rings. The predicted octanol–water partition coefficient (Wildman–Crippen LogP) is -0.628. The van der Waals surface area contributed by atoms with Gasteiger partial charge in [0.15, 0.2) is 0 Å². The second-order valence-corrected chi connectivity index (χ2v) is 4.00. The van der Waals surface area contributed by atoms with Gasteiger partial charge in [0.2, 0.25) is 0 Å². The van der Waals surface area contributed by atoms with E-state index in [0.29, 0.717) is 13.2 Å². The molecule has 7 heteroatoms. The highest BCUT2D eigenvalue weighted by atomic mass is 35.5. The molecule has 0 aliphatic carbocycles. The minimum atomic E-state index is -0.961. The largest absolute Gasteiger partial charge is 0.381 e. The summed E-state index contributed by atoms with van der Waals surface area (Å²) in [6, 6.07) is -0.462. The van der Waals surface area contributed by atoms with E-state index < -0.39 is 11.6 Å². The quantitative estimate of drug-likeness (QED) is 0.568. The van der Waals surface area contributed by atoms with Crippen LogP contribution in [0.25, 0.3) is 0 Å². The van der Waals surface area contributed by atoms with E-state index in [1.54, 1.807) is 0 Å². The molecule has 2 saturated heterocycles. The molecule has 16 heavy (non-hydrogen) atoms. The van der Waals surface area contributed by atoms with Crippen molar-refractivity contribution in [1.82, 2.24) is 10.6 Å². The molecule has 0 aromatic heterocycles. The maximum Gasteiger partial charge on any atom is 0.322 e. The minimum Gasteiger partial charge on any atom is -0.381 e. The third kappa shape index (κ3) is 2.00.